The number of hydrogen-bond acceptors (Lipinski definition) is 5. The Kier molecular flexibility index (Phi) is 6.83. The monoisotopic (exact) mass is 390 g/mol. The van der Waals surface area contributed by atoms with Gasteiger partial charge in [-0.1, -0.05) is 38.0 Å². The quantitative estimate of drug-likeness (QED) is 0.365. The minimum atomic E-state index is 0.210. The zero-order valence-corrected chi connectivity index (χ0v) is 17.8. The van der Waals surface area contributed by atoms with Gasteiger partial charge in [0, 0.05) is 13.6 Å². The molecule has 0 radical (unpaired) electrons. The van der Waals surface area contributed by atoms with Crippen LogP contribution in [0.5, 0.6) is 0 Å². The van der Waals surface area contributed by atoms with Gasteiger partial charge < -0.3 is 21.3 Å². The van der Waals surface area contributed by atoms with Crippen LogP contribution < -0.4 is 21.3 Å². The molecule has 2 rings (SSSR count). The Balaban J connectivity index is 2.21. The van der Waals surface area contributed by atoms with Crippen molar-refractivity contribution in [2.75, 3.05) is 17.3 Å². The normalized spacial score (nSPS) is 14.4. The van der Waals surface area contributed by atoms with Gasteiger partial charge in [-0.3, -0.25) is 0 Å². The Morgan fingerprint density at radius 1 is 1.21 bits per heavy atom. The third kappa shape index (κ3) is 5.72. The predicted molar refractivity (Wildman–Crippen MR) is 126 cm³/mol. The highest BCUT2D eigenvalue weighted by Gasteiger charge is 2.18. The summed E-state index contributed by atoms with van der Waals surface area (Å²) in [5, 5.41) is 6.60. The first-order valence-corrected chi connectivity index (χ1v) is 9.26. The molecule has 0 aliphatic carbocycles. The first-order chi connectivity index (χ1) is 13.6. The van der Waals surface area contributed by atoms with Crippen LogP contribution in [0.4, 0.5) is 11.4 Å². The third-order valence-electron chi connectivity index (χ3n) is 4.54. The maximum atomic E-state index is 5.56. The minimum Gasteiger partial charge on any atom is -0.384 e. The Labute approximate surface area is 173 Å². The smallest absolute Gasteiger partial charge is 0.128 e. The summed E-state index contributed by atoms with van der Waals surface area (Å²) in [5.41, 5.74) is 12.1. The Bertz CT molecular complexity index is 962. The van der Waals surface area contributed by atoms with E-state index in [4.69, 9.17) is 5.73 Å². The molecule has 0 saturated heterocycles. The molecule has 0 unspecified atom stereocenters. The van der Waals surface area contributed by atoms with Gasteiger partial charge >= 0.3 is 0 Å². The fourth-order valence-corrected chi connectivity index (χ4v) is 2.68. The second-order valence-corrected chi connectivity index (χ2v) is 7.07. The molecule has 0 saturated carbocycles. The molecule has 1 aliphatic heterocycles. The zero-order valence-electron chi connectivity index (χ0n) is 17.8. The average Bonchev–Trinajstić information content (AvgIpc) is 2.92. The third-order valence-corrected chi connectivity index (χ3v) is 4.54. The molecular weight excluding hydrogens is 360 g/mol. The van der Waals surface area contributed by atoms with Crippen molar-refractivity contribution in [3.63, 3.8) is 0 Å². The molecule has 0 fully saturated rings. The molecule has 1 aromatic carbocycles. The summed E-state index contributed by atoms with van der Waals surface area (Å²) in [6.45, 7) is 22.0. The largest absolute Gasteiger partial charge is 0.384 e. The van der Waals surface area contributed by atoms with Crippen molar-refractivity contribution in [2.45, 2.75) is 27.3 Å². The topological polar surface area (TPSA) is 78.0 Å². The number of nitrogens with two attached hydrogens (primary N) is 1. The summed E-state index contributed by atoms with van der Waals surface area (Å²) in [7, 11) is 1.99. The van der Waals surface area contributed by atoms with Gasteiger partial charge in [0.2, 0.25) is 0 Å². The zero-order chi connectivity index (χ0) is 21.7. The fourth-order valence-electron chi connectivity index (χ4n) is 2.68. The Morgan fingerprint density at radius 3 is 2.52 bits per heavy atom. The van der Waals surface area contributed by atoms with E-state index in [1.807, 2.05) is 37.9 Å². The van der Waals surface area contributed by atoms with E-state index < -0.39 is 0 Å². The van der Waals surface area contributed by atoms with Crippen molar-refractivity contribution in [2.24, 2.45) is 15.7 Å². The van der Waals surface area contributed by atoms with Gasteiger partial charge in [-0.15, -0.1) is 0 Å². The summed E-state index contributed by atoms with van der Waals surface area (Å²) >= 11 is 0. The summed E-state index contributed by atoms with van der Waals surface area (Å²) < 4.78 is 0. The summed E-state index contributed by atoms with van der Waals surface area (Å²) in [4.78, 5) is 10.7. The van der Waals surface area contributed by atoms with Crippen molar-refractivity contribution < 1.29 is 0 Å². The lowest BCUT2D eigenvalue weighted by Gasteiger charge is -2.14. The van der Waals surface area contributed by atoms with Crippen molar-refractivity contribution in [1.29, 1.82) is 0 Å². The van der Waals surface area contributed by atoms with E-state index in [0.717, 1.165) is 33.9 Å². The number of anilines is 2. The number of aliphatic imine (C=N–C) groups is 2. The Hall–Kier alpha value is -3.54. The van der Waals surface area contributed by atoms with Crippen molar-refractivity contribution in [3.8, 4) is 0 Å². The standard InChI is InChI=1S/C23H30N6/c1-14(2)15(3)11-22(27-18(6)26-17(5)24)16(4)25-13-20-9-10-21-23(12-20)29(8)19(7)28-21/h9-12,25,28H,1,4-5,7,13,24H2,2-3,6,8H3/b15-11+,26-18+,27-22-. The van der Waals surface area contributed by atoms with Crippen LogP contribution in [0, 0.1) is 0 Å². The van der Waals surface area contributed by atoms with E-state index >= 15 is 0 Å². The van der Waals surface area contributed by atoms with E-state index in [2.05, 4.69) is 59.1 Å². The highest BCUT2D eigenvalue weighted by molar-refractivity contribution is 6.13. The summed E-state index contributed by atoms with van der Waals surface area (Å²) in [5.74, 6) is 1.58. The molecule has 6 heteroatoms. The van der Waals surface area contributed by atoms with Gasteiger partial charge in [0.25, 0.3) is 0 Å². The van der Waals surface area contributed by atoms with Crippen LogP contribution in [0.15, 0.2) is 89.1 Å². The van der Waals surface area contributed by atoms with Gasteiger partial charge in [0.15, 0.2) is 0 Å². The SMILES string of the molecule is C=C(N)/N=C(C)/N=C(/C=C(\C)C(=C)C)C(=C)NCc1ccc2c(c1)N(C)C(=C)N2. The van der Waals surface area contributed by atoms with Crippen LogP contribution >= 0.6 is 0 Å². The average molecular weight is 391 g/mol. The molecule has 0 aromatic heterocycles. The maximum Gasteiger partial charge on any atom is 0.128 e. The van der Waals surface area contributed by atoms with Crippen molar-refractivity contribution in [1.82, 2.24) is 5.32 Å². The van der Waals surface area contributed by atoms with Crippen LogP contribution in [-0.4, -0.2) is 18.6 Å². The van der Waals surface area contributed by atoms with Gasteiger partial charge in [-0.2, -0.15) is 0 Å². The van der Waals surface area contributed by atoms with E-state index in [-0.39, 0.29) is 5.82 Å². The number of fused-ring (bicyclic) bond motifs is 1. The number of hydrogen-bond donors (Lipinski definition) is 3. The molecule has 1 aromatic rings. The molecule has 0 spiro atoms. The van der Waals surface area contributed by atoms with E-state index in [1.165, 1.54) is 0 Å². The lowest BCUT2D eigenvalue weighted by atomic mass is 10.1. The van der Waals surface area contributed by atoms with Crippen molar-refractivity contribution in [3.05, 3.63) is 84.6 Å². The second kappa shape index (κ2) is 9.10. The van der Waals surface area contributed by atoms with E-state index in [9.17, 15) is 0 Å². The lowest BCUT2D eigenvalue weighted by molar-refractivity contribution is 0.847. The molecule has 0 atom stereocenters. The molecule has 4 N–H and O–H groups in total. The molecular formula is C23H30N6. The van der Waals surface area contributed by atoms with Crippen LogP contribution in [0.3, 0.4) is 0 Å². The van der Waals surface area contributed by atoms with Crippen LogP contribution in [0.25, 0.3) is 0 Å². The van der Waals surface area contributed by atoms with Crippen LogP contribution in [0.2, 0.25) is 0 Å². The van der Waals surface area contributed by atoms with E-state index in [1.54, 1.807) is 6.92 Å². The van der Waals surface area contributed by atoms with Crippen LogP contribution in [0.1, 0.15) is 26.3 Å². The molecule has 0 amide bonds. The lowest BCUT2D eigenvalue weighted by Crippen LogP contribution is -2.19. The molecule has 1 aliphatic rings. The number of nitrogens with zero attached hydrogens (tertiary/aromatic N) is 3. The predicted octanol–water partition coefficient (Wildman–Crippen LogP) is 4.43. The van der Waals surface area contributed by atoms with E-state index in [0.29, 0.717) is 23.8 Å². The van der Waals surface area contributed by atoms with Crippen molar-refractivity contribution >= 4 is 22.9 Å². The first kappa shape index (κ1) is 21.8. The first-order valence-electron chi connectivity index (χ1n) is 9.26. The maximum absolute atomic E-state index is 5.56. The molecule has 152 valence electrons. The number of benzene rings is 1. The second-order valence-electron chi connectivity index (χ2n) is 7.07. The Morgan fingerprint density at radius 2 is 1.90 bits per heavy atom. The minimum absolute atomic E-state index is 0.210. The summed E-state index contributed by atoms with van der Waals surface area (Å²) in [6.07, 6.45) is 1.93. The number of amidine groups is 1. The highest BCUT2D eigenvalue weighted by Crippen LogP contribution is 2.35. The summed E-state index contributed by atoms with van der Waals surface area (Å²) in [6, 6.07) is 6.24. The number of rotatable bonds is 7. The number of allylic oxidation sites excluding steroid dienone is 3. The van der Waals surface area contributed by atoms with Gasteiger partial charge in [0.1, 0.15) is 17.5 Å². The number of nitrogens with one attached hydrogen (secondary N) is 2. The van der Waals surface area contributed by atoms with Gasteiger partial charge in [-0.05, 0) is 50.1 Å². The highest BCUT2D eigenvalue weighted by atomic mass is 15.3. The van der Waals surface area contributed by atoms with Gasteiger partial charge in [-0.25, -0.2) is 9.98 Å². The molecule has 0 bridgehead atoms. The fraction of sp³-hybridized carbons (Fsp3) is 0.217. The molecule has 1 heterocycles. The van der Waals surface area contributed by atoms with Crippen LogP contribution in [-0.2, 0) is 6.54 Å². The van der Waals surface area contributed by atoms with Gasteiger partial charge in [0.05, 0.1) is 22.8 Å². The molecule has 29 heavy (non-hydrogen) atoms. The molecule has 6 nitrogen and oxygen atoms in total.